The maximum atomic E-state index is 13.9. The summed E-state index contributed by atoms with van der Waals surface area (Å²) in [5.74, 6) is 0. The van der Waals surface area contributed by atoms with Gasteiger partial charge in [-0.2, -0.15) is 68.4 Å². The molecule has 0 saturated carbocycles. The summed E-state index contributed by atoms with van der Waals surface area (Å²) in [5.41, 5.74) is -8.47. The molecule has 0 fully saturated rings. The quantitative estimate of drug-likeness (QED) is 0.194. The van der Waals surface area contributed by atoms with E-state index in [9.17, 15) is 68.4 Å². The van der Waals surface area contributed by atoms with Crippen LogP contribution in [0.2, 0.25) is 0 Å². The monoisotopic (exact) mass is 666 g/mol. The van der Waals surface area contributed by atoms with Crippen LogP contribution in [-0.4, -0.2) is 0 Å². The molecular weight excluding hydrogens is 658 g/mol. The highest BCUT2D eigenvalue weighted by atomic mass is 19.4. The van der Waals surface area contributed by atoms with Crippen molar-refractivity contribution in [1.82, 2.24) is 0 Å². The Morgan fingerprint density at radius 1 is 0.440 bits per heavy atom. The zero-order chi connectivity index (χ0) is 36.7. The summed E-state index contributed by atoms with van der Waals surface area (Å²) in [6, 6.07) is 20.6. The van der Waals surface area contributed by atoms with Crippen molar-refractivity contribution < 1.29 is 26.3 Å². The summed E-state index contributed by atoms with van der Waals surface area (Å²) in [6.07, 6.45) is -10.0. The lowest BCUT2D eigenvalue weighted by molar-refractivity contribution is -0.138. The van der Waals surface area contributed by atoms with Gasteiger partial charge >= 0.3 is 12.4 Å². The Morgan fingerprint density at radius 2 is 0.780 bits per heavy atom. The van der Waals surface area contributed by atoms with Gasteiger partial charge in [-0.15, -0.1) is 0 Å². The predicted molar refractivity (Wildman–Crippen MR) is 160 cm³/mol. The number of benzene rings is 3. The van der Waals surface area contributed by atoms with E-state index in [1.165, 1.54) is 24.3 Å². The smallest absolute Gasteiger partial charge is 0.192 e. The number of nitrogens with zero attached hydrogens (tertiary/aromatic N) is 8. The Morgan fingerprint density at radius 3 is 1.06 bits per heavy atom. The number of hydrogen-bond acceptors (Lipinski definition) is 8. The molecule has 2 aliphatic carbocycles. The molecule has 5 rings (SSSR count). The summed E-state index contributed by atoms with van der Waals surface area (Å²) < 4.78 is 83.7. The first kappa shape index (κ1) is 33.5. The fraction of sp³-hybridized carbons (Fsp3) is 0.0556. The van der Waals surface area contributed by atoms with E-state index in [4.69, 9.17) is 0 Å². The van der Waals surface area contributed by atoms with Crippen molar-refractivity contribution in [2.24, 2.45) is 0 Å². The third-order valence-corrected chi connectivity index (χ3v) is 7.87. The minimum atomic E-state index is -5.02. The molecule has 2 aliphatic rings. The molecule has 0 atom stereocenters. The Labute approximate surface area is 277 Å². The van der Waals surface area contributed by atoms with Gasteiger partial charge < -0.3 is 0 Å². The number of alkyl halides is 6. The van der Waals surface area contributed by atoms with Crippen LogP contribution in [0.4, 0.5) is 26.3 Å². The maximum Gasteiger partial charge on any atom is 0.417 e. The van der Waals surface area contributed by atoms with Crippen LogP contribution < -0.4 is 0 Å². The highest BCUT2D eigenvalue weighted by Crippen LogP contribution is 2.55. The summed E-state index contributed by atoms with van der Waals surface area (Å²) in [5, 5.41) is 78.8. The first-order chi connectivity index (χ1) is 23.7. The standard InChI is InChI=1S/C36H8F6N8/c37-35(38,39)29-5-17(1-3-19(29)9-43)31-27(15-49)23-7-24-26(8-25(23)33(31)21(11-45)12-46)34(22(13-47)14-48)32(28(24)16-50)18-2-4-20(10-44)30(6-18)36(40,41)42/h1-8H. The second-order valence-corrected chi connectivity index (χ2v) is 10.4. The van der Waals surface area contributed by atoms with Crippen LogP contribution in [0.15, 0.2) is 59.7 Å². The SMILES string of the molecule is N#CC(C#N)=C1C(c2ccc(C#N)c(C(F)(F)F)c2)=C(C#N)c2cc3c(cc21)C(=C(C#N)C#N)C(c1ccc(C#N)c(C(F)(F)F)c1)=C3C#N. The average molecular weight is 667 g/mol. The fourth-order valence-corrected chi connectivity index (χ4v) is 5.88. The summed E-state index contributed by atoms with van der Waals surface area (Å²) in [7, 11) is 0. The third-order valence-electron chi connectivity index (χ3n) is 7.87. The Bertz CT molecular complexity index is 2380. The highest BCUT2D eigenvalue weighted by Gasteiger charge is 2.40. The van der Waals surface area contributed by atoms with Crippen LogP contribution >= 0.6 is 0 Å². The minimum absolute atomic E-state index is 0.0863. The van der Waals surface area contributed by atoms with Gasteiger partial charge in [-0.25, -0.2) is 0 Å². The van der Waals surface area contributed by atoms with Crippen molar-refractivity contribution >= 4 is 33.4 Å². The number of nitriles is 8. The molecule has 50 heavy (non-hydrogen) atoms. The van der Waals surface area contributed by atoms with Crippen LogP contribution in [-0.2, 0) is 12.4 Å². The van der Waals surface area contributed by atoms with Crippen molar-refractivity contribution in [1.29, 1.82) is 42.1 Å². The van der Waals surface area contributed by atoms with E-state index in [-0.39, 0.29) is 66.8 Å². The Balaban J connectivity index is 1.94. The lowest BCUT2D eigenvalue weighted by Gasteiger charge is -2.14. The number of allylic oxidation sites excluding steroid dienone is 8. The van der Waals surface area contributed by atoms with Crippen molar-refractivity contribution in [3.05, 3.63) is 115 Å². The van der Waals surface area contributed by atoms with Gasteiger partial charge in [0.25, 0.3) is 0 Å². The summed E-state index contributed by atoms with van der Waals surface area (Å²) >= 11 is 0. The number of rotatable bonds is 2. The number of halogens is 6. The van der Waals surface area contributed by atoms with Crippen molar-refractivity contribution in [2.45, 2.75) is 12.4 Å². The van der Waals surface area contributed by atoms with Crippen LogP contribution in [0, 0.1) is 90.6 Å². The van der Waals surface area contributed by atoms with Gasteiger partial charge in [0.05, 0.1) is 45.5 Å². The molecule has 0 radical (unpaired) electrons. The van der Waals surface area contributed by atoms with E-state index in [0.29, 0.717) is 12.1 Å². The van der Waals surface area contributed by atoms with Gasteiger partial charge in [0.15, 0.2) is 0 Å². The van der Waals surface area contributed by atoms with Crippen molar-refractivity contribution in [3.63, 3.8) is 0 Å². The van der Waals surface area contributed by atoms with E-state index in [1.54, 1.807) is 24.3 Å². The molecule has 3 aromatic rings. The predicted octanol–water partition coefficient (Wildman–Crippen LogP) is 7.97. The van der Waals surface area contributed by atoms with Gasteiger partial charge in [0.2, 0.25) is 0 Å². The molecule has 234 valence electrons. The normalized spacial score (nSPS) is 13.0. The van der Waals surface area contributed by atoms with E-state index in [2.05, 4.69) is 0 Å². The van der Waals surface area contributed by atoms with Crippen LogP contribution in [0.3, 0.4) is 0 Å². The molecule has 0 aliphatic heterocycles. The third kappa shape index (κ3) is 5.06. The summed E-state index contributed by atoms with van der Waals surface area (Å²) in [4.78, 5) is 0. The van der Waals surface area contributed by atoms with Gasteiger partial charge in [-0.1, -0.05) is 12.1 Å². The molecule has 3 aromatic carbocycles. The zero-order valence-electron chi connectivity index (χ0n) is 24.5. The topological polar surface area (TPSA) is 190 Å². The fourth-order valence-electron chi connectivity index (χ4n) is 5.88. The lowest BCUT2D eigenvalue weighted by atomic mass is 9.88. The van der Waals surface area contributed by atoms with E-state index >= 15 is 0 Å². The van der Waals surface area contributed by atoms with Crippen LogP contribution in [0.5, 0.6) is 0 Å². The summed E-state index contributed by atoms with van der Waals surface area (Å²) in [6.45, 7) is 0. The molecular formula is C36H8F6N8. The molecule has 0 saturated heterocycles. The van der Waals surface area contributed by atoms with E-state index < -0.39 is 45.8 Å². The first-order valence-corrected chi connectivity index (χ1v) is 13.6. The van der Waals surface area contributed by atoms with Crippen LogP contribution in [0.1, 0.15) is 55.6 Å². The molecule has 14 heteroatoms. The molecule has 0 bridgehead atoms. The highest BCUT2D eigenvalue weighted by molar-refractivity contribution is 6.29. The van der Waals surface area contributed by atoms with Gasteiger partial charge in [-0.05, 0) is 58.7 Å². The first-order valence-electron chi connectivity index (χ1n) is 13.6. The minimum Gasteiger partial charge on any atom is -0.192 e. The van der Waals surface area contributed by atoms with Crippen molar-refractivity contribution in [2.75, 3.05) is 0 Å². The largest absolute Gasteiger partial charge is 0.417 e. The molecule has 8 nitrogen and oxygen atoms in total. The number of hydrogen-bond donors (Lipinski definition) is 0. The average Bonchev–Trinajstić information content (AvgIpc) is 3.58. The Kier molecular flexibility index (Phi) is 8.07. The molecule has 0 unspecified atom stereocenters. The number of fused-ring (bicyclic) bond motifs is 2. The molecule has 0 aromatic heterocycles. The van der Waals surface area contributed by atoms with Gasteiger partial charge in [-0.3, -0.25) is 0 Å². The molecule has 0 spiro atoms. The van der Waals surface area contributed by atoms with E-state index in [1.807, 2.05) is 12.1 Å². The zero-order valence-corrected chi connectivity index (χ0v) is 24.5. The second-order valence-electron chi connectivity index (χ2n) is 10.4. The molecule has 0 amide bonds. The molecule has 0 heterocycles. The second kappa shape index (κ2) is 12.0. The van der Waals surface area contributed by atoms with E-state index in [0.717, 1.165) is 24.3 Å². The van der Waals surface area contributed by atoms with Gasteiger partial charge in [0, 0.05) is 33.4 Å². The lowest BCUT2D eigenvalue weighted by Crippen LogP contribution is -2.08. The Hall–Kier alpha value is -7.88. The van der Waals surface area contributed by atoms with Crippen molar-refractivity contribution in [3.8, 4) is 48.6 Å². The molecule has 0 N–H and O–H groups in total. The van der Waals surface area contributed by atoms with Crippen LogP contribution in [0.25, 0.3) is 33.4 Å². The van der Waals surface area contributed by atoms with Gasteiger partial charge in [0.1, 0.15) is 47.6 Å². The maximum absolute atomic E-state index is 13.9.